The molecular weight excluding hydrogens is 294 g/mol. The van der Waals surface area contributed by atoms with Crippen molar-refractivity contribution in [3.8, 4) is 0 Å². The molecule has 2 aromatic rings. The molecule has 8 heteroatoms. The van der Waals surface area contributed by atoms with Crippen molar-refractivity contribution in [2.24, 2.45) is 0 Å². The Kier molecular flexibility index (Phi) is 4.39. The van der Waals surface area contributed by atoms with Gasteiger partial charge < -0.3 is 5.11 Å². The van der Waals surface area contributed by atoms with Gasteiger partial charge in [-0.3, -0.25) is 9.48 Å². The maximum Gasteiger partial charge on any atom is 0.325 e. The number of carboxylic acids is 1. The fourth-order valence-corrected chi connectivity index (χ4v) is 3.00. The molecule has 0 spiro atoms. The standard InChI is InChI=1S/C13H15N3O4S/c1-10(11-5-3-2-4-6-11)15-21(19,20)12-7-14-16(8-12)9-13(17)18/h2-8,10,15H,9H2,1H3,(H,17,18)/t10-/m1/s1. The number of rotatable bonds is 6. The molecular formula is C13H15N3O4S. The first-order chi connectivity index (χ1) is 9.88. The van der Waals surface area contributed by atoms with E-state index in [-0.39, 0.29) is 11.4 Å². The molecule has 0 aliphatic carbocycles. The Morgan fingerprint density at radius 3 is 2.67 bits per heavy atom. The van der Waals surface area contributed by atoms with E-state index < -0.39 is 22.0 Å². The topological polar surface area (TPSA) is 101 Å². The van der Waals surface area contributed by atoms with E-state index in [1.807, 2.05) is 30.3 Å². The Hall–Kier alpha value is -2.19. The second kappa shape index (κ2) is 6.06. The number of nitrogens with zero attached hydrogens (tertiary/aromatic N) is 2. The van der Waals surface area contributed by atoms with E-state index in [0.717, 1.165) is 16.4 Å². The number of carbonyl (C=O) groups is 1. The summed E-state index contributed by atoms with van der Waals surface area (Å²) in [6, 6.07) is 8.73. The summed E-state index contributed by atoms with van der Waals surface area (Å²) in [5.41, 5.74) is 0.832. The summed E-state index contributed by atoms with van der Waals surface area (Å²) in [6.07, 6.45) is 2.32. The molecule has 0 aliphatic rings. The average Bonchev–Trinajstić information content (AvgIpc) is 2.88. The van der Waals surface area contributed by atoms with Gasteiger partial charge in [0.25, 0.3) is 0 Å². The van der Waals surface area contributed by atoms with Gasteiger partial charge in [0.05, 0.1) is 6.20 Å². The molecule has 1 aromatic heterocycles. The monoisotopic (exact) mass is 309 g/mol. The van der Waals surface area contributed by atoms with Gasteiger partial charge in [-0.2, -0.15) is 5.10 Å². The number of hydrogen-bond acceptors (Lipinski definition) is 4. The van der Waals surface area contributed by atoms with Crippen LogP contribution in [0.2, 0.25) is 0 Å². The van der Waals surface area contributed by atoms with Crippen LogP contribution < -0.4 is 4.72 Å². The summed E-state index contributed by atoms with van der Waals surface area (Å²) < 4.78 is 28.0. The van der Waals surface area contributed by atoms with Gasteiger partial charge in [-0.05, 0) is 12.5 Å². The zero-order valence-electron chi connectivity index (χ0n) is 11.3. The summed E-state index contributed by atoms with van der Waals surface area (Å²) >= 11 is 0. The van der Waals surface area contributed by atoms with Crippen molar-refractivity contribution in [1.29, 1.82) is 0 Å². The van der Waals surface area contributed by atoms with Crippen LogP contribution in [0.3, 0.4) is 0 Å². The SMILES string of the molecule is C[C@@H](NS(=O)(=O)c1cnn(CC(=O)O)c1)c1ccccc1. The van der Waals surface area contributed by atoms with Gasteiger partial charge in [-0.1, -0.05) is 30.3 Å². The molecule has 0 saturated heterocycles. The second-order valence-corrected chi connectivity index (χ2v) is 6.23. The third-order valence-electron chi connectivity index (χ3n) is 2.85. The van der Waals surface area contributed by atoms with E-state index in [1.165, 1.54) is 6.20 Å². The first-order valence-electron chi connectivity index (χ1n) is 6.20. The minimum atomic E-state index is -3.75. The molecule has 0 unspecified atom stereocenters. The van der Waals surface area contributed by atoms with Crippen molar-refractivity contribution >= 4 is 16.0 Å². The van der Waals surface area contributed by atoms with E-state index in [0.29, 0.717) is 0 Å². The van der Waals surface area contributed by atoms with Crippen LogP contribution >= 0.6 is 0 Å². The molecule has 112 valence electrons. The molecule has 0 aliphatic heterocycles. The van der Waals surface area contributed by atoms with E-state index in [4.69, 9.17) is 5.11 Å². The van der Waals surface area contributed by atoms with Gasteiger partial charge in [0, 0.05) is 12.2 Å². The second-order valence-electron chi connectivity index (χ2n) is 4.52. The minimum Gasteiger partial charge on any atom is -0.480 e. The highest BCUT2D eigenvalue weighted by Crippen LogP contribution is 2.16. The van der Waals surface area contributed by atoms with Crippen molar-refractivity contribution < 1.29 is 18.3 Å². The fraction of sp³-hybridized carbons (Fsp3) is 0.231. The average molecular weight is 309 g/mol. The number of benzene rings is 1. The Bertz CT molecular complexity index is 725. The lowest BCUT2D eigenvalue weighted by Crippen LogP contribution is -2.26. The minimum absolute atomic E-state index is 0.0634. The predicted octanol–water partition coefficient (Wildman–Crippen LogP) is 1.01. The molecule has 0 fully saturated rings. The zero-order chi connectivity index (χ0) is 15.5. The maximum absolute atomic E-state index is 12.2. The molecule has 0 saturated carbocycles. The Morgan fingerprint density at radius 2 is 2.05 bits per heavy atom. The Morgan fingerprint density at radius 1 is 1.38 bits per heavy atom. The maximum atomic E-state index is 12.2. The quantitative estimate of drug-likeness (QED) is 0.829. The summed E-state index contributed by atoms with van der Waals surface area (Å²) in [5, 5.41) is 12.4. The highest BCUT2D eigenvalue weighted by Gasteiger charge is 2.20. The number of hydrogen-bond donors (Lipinski definition) is 2. The normalized spacial score (nSPS) is 13.0. The van der Waals surface area contributed by atoms with E-state index in [9.17, 15) is 13.2 Å². The van der Waals surface area contributed by atoms with Crippen molar-refractivity contribution in [3.63, 3.8) is 0 Å². The highest BCUT2D eigenvalue weighted by atomic mass is 32.2. The van der Waals surface area contributed by atoms with Crippen molar-refractivity contribution in [2.45, 2.75) is 24.4 Å². The highest BCUT2D eigenvalue weighted by molar-refractivity contribution is 7.89. The number of aliphatic carboxylic acids is 1. The molecule has 1 heterocycles. The van der Waals surface area contributed by atoms with Gasteiger partial charge in [-0.25, -0.2) is 13.1 Å². The van der Waals surface area contributed by atoms with Crippen LogP contribution in [0.1, 0.15) is 18.5 Å². The van der Waals surface area contributed by atoms with Crippen LogP contribution in [0, 0.1) is 0 Å². The molecule has 0 bridgehead atoms. The van der Waals surface area contributed by atoms with Crippen LogP contribution in [0.5, 0.6) is 0 Å². The zero-order valence-corrected chi connectivity index (χ0v) is 12.1. The molecule has 0 amide bonds. The largest absolute Gasteiger partial charge is 0.480 e. The summed E-state index contributed by atoms with van der Waals surface area (Å²) in [4.78, 5) is 10.5. The Balaban J connectivity index is 2.15. The lowest BCUT2D eigenvalue weighted by atomic mass is 10.1. The van der Waals surface area contributed by atoms with Crippen LogP contribution in [-0.4, -0.2) is 29.3 Å². The van der Waals surface area contributed by atoms with E-state index >= 15 is 0 Å². The lowest BCUT2D eigenvalue weighted by Gasteiger charge is -2.13. The molecule has 2 N–H and O–H groups in total. The van der Waals surface area contributed by atoms with Crippen LogP contribution in [0.25, 0.3) is 0 Å². The third kappa shape index (κ3) is 3.89. The lowest BCUT2D eigenvalue weighted by molar-refractivity contribution is -0.137. The fourth-order valence-electron chi connectivity index (χ4n) is 1.82. The number of sulfonamides is 1. The smallest absolute Gasteiger partial charge is 0.325 e. The molecule has 1 aromatic carbocycles. The van der Waals surface area contributed by atoms with Gasteiger partial charge in [0.1, 0.15) is 11.4 Å². The number of nitrogens with one attached hydrogen (secondary N) is 1. The molecule has 0 radical (unpaired) electrons. The van der Waals surface area contributed by atoms with E-state index in [2.05, 4.69) is 9.82 Å². The molecule has 21 heavy (non-hydrogen) atoms. The summed E-state index contributed by atoms with van der Waals surface area (Å²) in [5.74, 6) is -1.09. The molecule has 2 rings (SSSR count). The van der Waals surface area contributed by atoms with Crippen molar-refractivity contribution in [3.05, 3.63) is 48.3 Å². The van der Waals surface area contributed by atoms with Crippen LogP contribution in [0.4, 0.5) is 0 Å². The van der Waals surface area contributed by atoms with E-state index in [1.54, 1.807) is 6.92 Å². The van der Waals surface area contributed by atoms with Gasteiger partial charge in [-0.15, -0.1) is 0 Å². The number of carboxylic acid groups (broad SMARTS) is 1. The molecule has 7 nitrogen and oxygen atoms in total. The summed E-state index contributed by atoms with van der Waals surface area (Å²) in [6.45, 7) is 1.35. The van der Waals surface area contributed by atoms with Crippen molar-refractivity contribution in [2.75, 3.05) is 0 Å². The number of aromatic nitrogens is 2. The first-order valence-corrected chi connectivity index (χ1v) is 7.68. The molecule has 1 atom stereocenters. The van der Waals surface area contributed by atoms with Crippen LogP contribution in [0.15, 0.2) is 47.6 Å². The van der Waals surface area contributed by atoms with Crippen molar-refractivity contribution in [1.82, 2.24) is 14.5 Å². The van der Waals surface area contributed by atoms with Gasteiger partial charge in [0.15, 0.2) is 0 Å². The van der Waals surface area contributed by atoms with Gasteiger partial charge >= 0.3 is 5.97 Å². The predicted molar refractivity (Wildman–Crippen MR) is 75.0 cm³/mol. The summed E-state index contributed by atoms with van der Waals surface area (Å²) in [7, 11) is -3.75. The Labute approximate surface area is 122 Å². The van der Waals surface area contributed by atoms with Crippen LogP contribution in [-0.2, 0) is 21.4 Å². The first kappa shape index (κ1) is 15.2. The van der Waals surface area contributed by atoms with Gasteiger partial charge in [0.2, 0.25) is 10.0 Å². The third-order valence-corrected chi connectivity index (χ3v) is 4.34.